The van der Waals surface area contributed by atoms with Gasteiger partial charge in [-0.15, -0.1) is 0 Å². The average Bonchev–Trinajstić information content (AvgIpc) is 2.75. The minimum Gasteiger partial charge on any atom is -0.353 e. The Balaban J connectivity index is 1.52. The molecule has 0 atom stereocenters. The molecule has 0 bridgehead atoms. The van der Waals surface area contributed by atoms with Crippen molar-refractivity contribution in [2.24, 2.45) is 0 Å². The Labute approximate surface area is 161 Å². The topological polar surface area (TPSA) is 90.7 Å². The number of nitrogens with zero attached hydrogens (tertiary/aromatic N) is 3. The summed E-state index contributed by atoms with van der Waals surface area (Å²) in [6, 6.07) is 22.1. The van der Waals surface area contributed by atoms with Gasteiger partial charge in [-0.2, -0.15) is 5.26 Å². The standard InChI is InChI=1S/C22H15N5O/c23-13-16-5-1-2-8-18(16)26-17-10-11-20(25-14-17)22(28)27-19-9-3-6-15-7-4-12-24-21(15)19/h1-12,14,26H,(H,27,28). The molecular weight excluding hydrogens is 350 g/mol. The number of amides is 1. The summed E-state index contributed by atoms with van der Waals surface area (Å²) < 4.78 is 0. The van der Waals surface area contributed by atoms with E-state index >= 15 is 0 Å². The molecule has 0 aliphatic rings. The summed E-state index contributed by atoms with van der Waals surface area (Å²) in [5.41, 5.74) is 3.55. The van der Waals surface area contributed by atoms with Gasteiger partial charge in [-0.3, -0.25) is 9.78 Å². The zero-order valence-electron chi connectivity index (χ0n) is 14.8. The quantitative estimate of drug-likeness (QED) is 0.556. The van der Waals surface area contributed by atoms with Crippen molar-refractivity contribution in [1.29, 1.82) is 5.26 Å². The Hall–Kier alpha value is -4.24. The lowest BCUT2D eigenvalue weighted by Gasteiger charge is -2.09. The third kappa shape index (κ3) is 3.50. The van der Waals surface area contributed by atoms with Gasteiger partial charge >= 0.3 is 0 Å². The zero-order valence-corrected chi connectivity index (χ0v) is 14.8. The number of nitrogens with one attached hydrogen (secondary N) is 2. The fourth-order valence-corrected chi connectivity index (χ4v) is 2.84. The van der Waals surface area contributed by atoms with E-state index in [0.29, 0.717) is 22.6 Å². The van der Waals surface area contributed by atoms with Crippen LogP contribution in [0.15, 0.2) is 79.1 Å². The van der Waals surface area contributed by atoms with Crippen LogP contribution in [0.4, 0.5) is 17.1 Å². The molecule has 2 aromatic carbocycles. The van der Waals surface area contributed by atoms with Gasteiger partial charge in [0.25, 0.3) is 5.91 Å². The second-order valence-electron chi connectivity index (χ2n) is 6.05. The highest BCUT2D eigenvalue weighted by atomic mass is 16.1. The lowest BCUT2D eigenvalue weighted by Crippen LogP contribution is -2.14. The summed E-state index contributed by atoms with van der Waals surface area (Å²) >= 11 is 0. The molecule has 0 unspecified atom stereocenters. The van der Waals surface area contributed by atoms with Crippen molar-refractivity contribution in [1.82, 2.24) is 9.97 Å². The van der Waals surface area contributed by atoms with Crippen LogP contribution in [-0.2, 0) is 0 Å². The SMILES string of the molecule is N#Cc1ccccc1Nc1ccc(C(=O)Nc2cccc3cccnc23)nc1. The molecule has 6 heteroatoms. The van der Waals surface area contributed by atoms with Crippen molar-refractivity contribution >= 4 is 33.9 Å². The fourth-order valence-electron chi connectivity index (χ4n) is 2.84. The molecule has 0 saturated carbocycles. The number of anilines is 3. The monoisotopic (exact) mass is 365 g/mol. The Kier molecular flexibility index (Phi) is 4.64. The Bertz CT molecular complexity index is 1190. The van der Waals surface area contributed by atoms with E-state index in [1.165, 1.54) is 0 Å². The first-order valence-corrected chi connectivity index (χ1v) is 8.62. The third-order valence-electron chi connectivity index (χ3n) is 4.20. The van der Waals surface area contributed by atoms with Crippen LogP contribution in [0.1, 0.15) is 16.1 Å². The van der Waals surface area contributed by atoms with Crippen molar-refractivity contribution in [3.63, 3.8) is 0 Å². The first kappa shape index (κ1) is 17.2. The molecule has 2 aromatic heterocycles. The lowest BCUT2D eigenvalue weighted by molar-refractivity contribution is 0.102. The van der Waals surface area contributed by atoms with Gasteiger partial charge in [-0.1, -0.05) is 30.3 Å². The van der Waals surface area contributed by atoms with Gasteiger partial charge in [0.2, 0.25) is 0 Å². The smallest absolute Gasteiger partial charge is 0.274 e. The molecule has 4 aromatic rings. The van der Waals surface area contributed by atoms with Crippen molar-refractivity contribution in [2.75, 3.05) is 10.6 Å². The molecule has 0 saturated heterocycles. The van der Waals surface area contributed by atoms with Crippen LogP contribution in [0.5, 0.6) is 0 Å². The molecule has 28 heavy (non-hydrogen) atoms. The largest absolute Gasteiger partial charge is 0.353 e. The van der Waals surface area contributed by atoms with Crippen LogP contribution < -0.4 is 10.6 Å². The number of fused-ring (bicyclic) bond motifs is 1. The third-order valence-corrected chi connectivity index (χ3v) is 4.20. The highest BCUT2D eigenvalue weighted by Crippen LogP contribution is 2.22. The van der Waals surface area contributed by atoms with Crippen LogP contribution in [0.2, 0.25) is 0 Å². The van der Waals surface area contributed by atoms with Crippen LogP contribution in [0.25, 0.3) is 10.9 Å². The number of benzene rings is 2. The van der Waals surface area contributed by atoms with Crippen molar-refractivity contribution in [3.05, 3.63) is 90.4 Å². The Morgan fingerprint density at radius 3 is 2.54 bits per heavy atom. The lowest BCUT2D eigenvalue weighted by atomic mass is 10.2. The summed E-state index contributed by atoms with van der Waals surface area (Å²) in [6.07, 6.45) is 3.25. The molecular formula is C22H15N5O. The molecule has 4 rings (SSSR count). The van der Waals surface area contributed by atoms with Gasteiger partial charge < -0.3 is 10.6 Å². The maximum Gasteiger partial charge on any atom is 0.274 e. The van der Waals surface area contributed by atoms with Gasteiger partial charge in [-0.05, 0) is 36.4 Å². The van der Waals surface area contributed by atoms with Crippen LogP contribution in [0, 0.1) is 11.3 Å². The van der Waals surface area contributed by atoms with Crippen LogP contribution in [0.3, 0.4) is 0 Å². The molecule has 0 spiro atoms. The number of pyridine rings is 2. The summed E-state index contributed by atoms with van der Waals surface area (Å²) in [5, 5.41) is 16.1. The van der Waals surface area contributed by atoms with Gasteiger partial charge in [-0.25, -0.2) is 4.98 Å². The second kappa shape index (κ2) is 7.56. The van der Waals surface area contributed by atoms with E-state index in [1.54, 1.807) is 36.7 Å². The number of para-hydroxylation sites is 2. The van der Waals surface area contributed by atoms with Gasteiger partial charge in [0.1, 0.15) is 11.8 Å². The van der Waals surface area contributed by atoms with Crippen LogP contribution >= 0.6 is 0 Å². The van der Waals surface area contributed by atoms with E-state index in [1.807, 2.05) is 42.5 Å². The normalized spacial score (nSPS) is 10.2. The zero-order chi connectivity index (χ0) is 19.3. The first-order valence-electron chi connectivity index (χ1n) is 8.62. The highest BCUT2D eigenvalue weighted by Gasteiger charge is 2.10. The summed E-state index contributed by atoms with van der Waals surface area (Å²) in [5.74, 6) is -0.317. The minimum absolute atomic E-state index is 0.284. The molecule has 0 fully saturated rings. The maximum atomic E-state index is 12.6. The van der Waals surface area contributed by atoms with E-state index in [-0.39, 0.29) is 11.6 Å². The molecule has 134 valence electrons. The summed E-state index contributed by atoms with van der Waals surface area (Å²) in [6.45, 7) is 0. The second-order valence-corrected chi connectivity index (χ2v) is 6.05. The van der Waals surface area contributed by atoms with Crippen LogP contribution in [-0.4, -0.2) is 15.9 Å². The van der Waals surface area contributed by atoms with E-state index < -0.39 is 0 Å². The Morgan fingerprint density at radius 2 is 1.71 bits per heavy atom. The molecule has 0 aliphatic heterocycles. The number of carbonyl (C=O) groups is 1. The molecule has 0 radical (unpaired) electrons. The molecule has 6 nitrogen and oxygen atoms in total. The molecule has 1 amide bonds. The highest BCUT2D eigenvalue weighted by molar-refractivity contribution is 6.07. The van der Waals surface area contributed by atoms with Gasteiger partial charge in [0, 0.05) is 11.6 Å². The van der Waals surface area contributed by atoms with Gasteiger partial charge in [0.15, 0.2) is 0 Å². The van der Waals surface area contributed by atoms with Crippen molar-refractivity contribution < 1.29 is 4.79 Å². The van der Waals surface area contributed by atoms with Gasteiger partial charge in [0.05, 0.1) is 34.3 Å². The average molecular weight is 365 g/mol. The number of hydrogen-bond donors (Lipinski definition) is 2. The molecule has 2 N–H and O–H groups in total. The predicted molar refractivity (Wildman–Crippen MR) is 108 cm³/mol. The van der Waals surface area contributed by atoms with Crippen molar-refractivity contribution in [3.8, 4) is 6.07 Å². The number of aromatic nitrogens is 2. The number of carbonyl (C=O) groups excluding carboxylic acids is 1. The molecule has 2 heterocycles. The summed E-state index contributed by atoms with van der Waals surface area (Å²) in [4.78, 5) is 21.1. The van der Waals surface area contributed by atoms with E-state index in [2.05, 4.69) is 26.7 Å². The fraction of sp³-hybridized carbons (Fsp3) is 0. The number of rotatable bonds is 4. The predicted octanol–water partition coefficient (Wildman–Crippen LogP) is 4.50. The minimum atomic E-state index is -0.317. The van der Waals surface area contributed by atoms with E-state index in [0.717, 1.165) is 10.9 Å². The maximum absolute atomic E-state index is 12.6. The molecule has 0 aliphatic carbocycles. The first-order chi connectivity index (χ1) is 13.7. The Morgan fingerprint density at radius 1 is 0.893 bits per heavy atom. The van der Waals surface area contributed by atoms with Crippen molar-refractivity contribution in [2.45, 2.75) is 0 Å². The summed E-state index contributed by atoms with van der Waals surface area (Å²) in [7, 11) is 0. The number of nitriles is 1. The number of hydrogen-bond acceptors (Lipinski definition) is 5. The van der Waals surface area contributed by atoms with E-state index in [9.17, 15) is 4.79 Å². The van der Waals surface area contributed by atoms with E-state index in [4.69, 9.17) is 5.26 Å².